The molecule has 0 N–H and O–H groups in total. The fourth-order valence-corrected chi connectivity index (χ4v) is 0.988. The standard InChI is InChI=1S/C9H7F5N2O/c1-16(6-4-2-3-5-15-6)7(17)8(10,11)9(12,13)14/h2-5H,1H3. The summed E-state index contributed by atoms with van der Waals surface area (Å²) in [6.45, 7) is 0. The van der Waals surface area contributed by atoms with Crippen LogP contribution in [0.3, 0.4) is 0 Å². The normalized spacial score (nSPS) is 12.4. The molecule has 0 saturated carbocycles. The van der Waals surface area contributed by atoms with Gasteiger partial charge in [0.15, 0.2) is 0 Å². The van der Waals surface area contributed by atoms with Gasteiger partial charge in [0.1, 0.15) is 5.82 Å². The Kier molecular flexibility index (Phi) is 3.35. The maximum atomic E-state index is 12.7. The highest BCUT2D eigenvalue weighted by molar-refractivity contribution is 5.97. The molecule has 1 rings (SSSR count). The zero-order valence-corrected chi connectivity index (χ0v) is 8.50. The summed E-state index contributed by atoms with van der Waals surface area (Å²) in [5.41, 5.74) is 0. The Morgan fingerprint density at radius 1 is 1.24 bits per heavy atom. The molecule has 8 heteroatoms. The van der Waals surface area contributed by atoms with Crippen LogP contribution in [0.15, 0.2) is 24.4 Å². The third-order valence-electron chi connectivity index (χ3n) is 1.92. The van der Waals surface area contributed by atoms with Crippen LogP contribution in [-0.2, 0) is 4.79 Å². The first-order valence-corrected chi connectivity index (χ1v) is 4.31. The summed E-state index contributed by atoms with van der Waals surface area (Å²) < 4.78 is 61.3. The van der Waals surface area contributed by atoms with Crippen LogP contribution in [0, 0.1) is 0 Å². The number of carbonyl (C=O) groups excluding carboxylic acids is 1. The van der Waals surface area contributed by atoms with Gasteiger partial charge < -0.3 is 0 Å². The molecule has 94 valence electrons. The molecule has 0 aliphatic rings. The van der Waals surface area contributed by atoms with Crippen molar-refractivity contribution in [1.82, 2.24) is 4.98 Å². The lowest BCUT2D eigenvalue weighted by molar-refractivity contribution is -0.268. The van der Waals surface area contributed by atoms with Gasteiger partial charge in [-0.15, -0.1) is 0 Å². The van der Waals surface area contributed by atoms with Gasteiger partial charge in [-0.05, 0) is 12.1 Å². The van der Waals surface area contributed by atoms with E-state index in [-0.39, 0.29) is 10.7 Å². The zero-order chi connectivity index (χ0) is 13.3. The van der Waals surface area contributed by atoms with Crippen molar-refractivity contribution in [2.75, 3.05) is 11.9 Å². The quantitative estimate of drug-likeness (QED) is 0.758. The number of rotatable bonds is 2. The van der Waals surface area contributed by atoms with Gasteiger partial charge in [-0.1, -0.05) is 6.07 Å². The first kappa shape index (κ1) is 13.3. The van der Waals surface area contributed by atoms with Crippen LogP contribution in [-0.4, -0.2) is 30.0 Å². The van der Waals surface area contributed by atoms with Crippen LogP contribution in [0.4, 0.5) is 27.8 Å². The third kappa shape index (κ3) is 2.51. The lowest BCUT2D eigenvalue weighted by Gasteiger charge is -2.24. The van der Waals surface area contributed by atoms with E-state index in [4.69, 9.17) is 0 Å². The highest BCUT2D eigenvalue weighted by Crippen LogP contribution is 2.37. The molecule has 0 radical (unpaired) electrons. The fourth-order valence-electron chi connectivity index (χ4n) is 0.988. The van der Waals surface area contributed by atoms with E-state index >= 15 is 0 Å². The van der Waals surface area contributed by atoms with Gasteiger partial charge >= 0.3 is 18.0 Å². The Morgan fingerprint density at radius 2 is 1.82 bits per heavy atom. The predicted octanol–water partition coefficient (Wildman–Crippen LogP) is 2.24. The number of amides is 1. The molecule has 1 aromatic rings. The molecule has 0 aromatic carbocycles. The second-order valence-electron chi connectivity index (χ2n) is 3.12. The highest BCUT2D eigenvalue weighted by atomic mass is 19.4. The number of pyridine rings is 1. The number of aromatic nitrogens is 1. The van der Waals surface area contributed by atoms with Crippen molar-refractivity contribution in [2.45, 2.75) is 12.1 Å². The molecule has 3 nitrogen and oxygen atoms in total. The largest absolute Gasteiger partial charge is 0.463 e. The number of hydrogen-bond donors (Lipinski definition) is 0. The van der Waals surface area contributed by atoms with Gasteiger partial charge in [-0.2, -0.15) is 22.0 Å². The fraction of sp³-hybridized carbons (Fsp3) is 0.333. The average molecular weight is 254 g/mol. The highest BCUT2D eigenvalue weighted by Gasteiger charge is 2.64. The second kappa shape index (κ2) is 4.27. The van der Waals surface area contributed by atoms with Crippen LogP contribution in [0.5, 0.6) is 0 Å². The summed E-state index contributed by atoms with van der Waals surface area (Å²) in [7, 11) is 0.796. The Morgan fingerprint density at radius 3 is 2.24 bits per heavy atom. The van der Waals surface area contributed by atoms with E-state index in [9.17, 15) is 26.7 Å². The number of alkyl halides is 5. The molecule has 0 aliphatic heterocycles. The molecule has 0 saturated heterocycles. The molecule has 0 bridgehead atoms. The summed E-state index contributed by atoms with van der Waals surface area (Å²) in [5, 5.41) is 0. The Labute approximate surface area is 92.9 Å². The number of nitrogens with zero attached hydrogens (tertiary/aromatic N) is 2. The molecule has 0 fully saturated rings. The predicted molar refractivity (Wildman–Crippen MR) is 48.6 cm³/mol. The van der Waals surface area contributed by atoms with E-state index in [1.807, 2.05) is 0 Å². The van der Waals surface area contributed by atoms with Gasteiger partial charge in [0, 0.05) is 13.2 Å². The van der Waals surface area contributed by atoms with Crippen molar-refractivity contribution in [3.63, 3.8) is 0 Å². The van der Waals surface area contributed by atoms with Crippen molar-refractivity contribution >= 4 is 11.7 Å². The van der Waals surface area contributed by atoms with E-state index < -0.39 is 18.0 Å². The maximum Gasteiger partial charge on any atom is 0.463 e. The first-order valence-electron chi connectivity index (χ1n) is 4.31. The average Bonchev–Trinajstić information content (AvgIpc) is 2.26. The topological polar surface area (TPSA) is 33.2 Å². The number of carbonyl (C=O) groups is 1. The Hall–Kier alpha value is -1.73. The molecule has 0 aliphatic carbocycles. The van der Waals surface area contributed by atoms with Crippen LogP contribution in [0.25, 0.3) is 0 Å². The van der Waals surface area contributed by atoms with Crippen LogP contribution in [0.1, 0.15) is 0 Å². The summed E-state index contributed by atoms with van der Waals surface area (Å²) in [4.78, 5) is 14.7. The molecule has 1 aromatic heterocycles. The lowest BCUT2D eigenvalue weighted by Crippen LogP contribution is -2.51. The van der Waals surface area contributed by atoms with E-state index in [2.05, 4.69) is 4.98 Å². The zero-order valence-electron chi connectivity index (χ0n) is 8.50. The van der Waals surface area contributed by atoms with E-state index in [1.54, 1.807) is 0 Å². The van der Waals surface area contributed by atoms with Gasteiger partial charge in [0.25, 0.3) is 0 Å². The minimum Gasteiger partial charge on any atom is -0.294 e. The Bertz CT molecular complexity index is 404. The van der Waals surface area contributed by atoms with E-state index in [0.717, 1.165) is 13.1 Å². The monoisotopic (exact) mass is 254 g/mol. The lowest BCUT2D eigenvalue weighted by atomic mass is 10.3. The van der Waals surface area contributed by atoms with E-state index in [1.165, 1.54) is 18.3 Å². The molecular weight excluding hydrogens is 247 g/mol. The summed E-state index contributed by atoms with van der Waals surface area (Å²) in [6, 6.07) is 3.94. The number of hydrogen-bond acceptors (Lipinski definition) is 2. The molecule has 1 heterocycles. The summed E-state index contributed by atoms with van der Waals surface area (Å²) >= 11 is 0. The van der Waals surface area contributed by atoms with Crippen molar-refractivity contribution in [3.8, 4) is 0 Å². The minimum absolute atomic E-state index is 0.160. The van der Waals surface area contributed by atoms with Crippen LogP contribution >= 0.6 is 0 Å². The van der Waals surface area contributed by atoms with Gasteiger partial charge in [0.05, 0.1) is 0 Å². The molecule has 1 amide bonds. The van der Waals surface area contributed by atoms with Gasteiger partial charge in [-0.25, -0.2) is 4.98 Å². The van der Waals surface area contributed by atoms with Gasteiger partial charge in [-0.3, -0.25) is 9.69 Å². The maximum absolute atomic E-state index is 12.7. The van der Waals surface area contributed by atoms with Crippen molar-refractivity contribution in [3.05, 3.63) is 24.4 Å². The molecular formula is C9H7F5N2O. The second-order valence-corrected chi connectivity index (χ2v) is 3.12. The summed E-state index contributed by atoms with van der Waals surface area (Å²) in [6.07, 6.45) is -4.75. The molecule has 0 spiro atoms. The van der Waals surface area contributed by atoms with Gasteiger partial charge in [0.2, 0.25) is 0 Å². The van der Waals surface area contributed by atoms with Crippen LogP contribution in [0.2, 0.25) is 0 Å². The van der Waals surface area contributed by atoms with Crippen LogP contribution < -0.4 is 4.90 Å². The van der Waals surface area contributed by atoms with Crippen molar-refractivity contribution < 1.29 is 26.7 Å². The number of halogens is 5. The SMILES string of the molecule is CN(C(=O)C(F)(F)C(F)(F)F)c1ccccn1. The first-order chi connectivity index (χ1) is 7.68. The van der Waals surface area contributed by atoms with Crippen molar-refractivity contribution in [2.24, 2.45) is 0 Å². The Balaban J connectivity index is 2.99. The van der Waals surface area contributed by atoms with E-state index in [0.29, 0.717) is 0 Å². The van der Waals surface area contributed by atoms with Crippen molar-refractivity contribution in [1.29, 1.82) is 0 Å². The molecule has 17 heavy (non-hydrogen) atoms. The number of anilines is 1. The third-order valence-corrected chi connectivity index (χ3v) is 1.92. The molecule has 0 unspecified atom stereocenters. The molecule has 0 atom stereocenters. The smallest absolute Gasteiger partial charge is 0.294 e. The minimum atomic E-state index is -5.92. The summed E-state index contributed by atoms with van der Waals surface area (Å²) in [5.74, 6) is -8.09.